The van der Waals surface area contributed by atoms with Gasteiger partial charge in [-0.3, -0.25) is 4.79 Å². The van der Waals surface area contributed by atoms with E-state index in [2.05, 4.69) is 0 Å². The van der Waals surface area contributed by atoms with Gasteiger partial charge in [0.2, 0.25) is 0 Å². The van der Waals surface area contributed by atoms with E-state index >= 15 is 0 Å². The van der Waals surface area contributed by atoms with E-state index in [1.54, 1.807) is 24.3 Å². The van der Waals surface area contributed by atoms with Gasteiger partial charge >= 0.3 is 29.6 Å². The van der Waals surface area contributed by atoms with Crippen LogP contribution in [0.3, 0.4) is 0 Å². The van der Waals surface area contributed by atoms with Crippen molar-refractivity contribution >= 4 is 5.78 Å². The van der Waals surface area contributed by atoms with Crippen LogP contribution in [0.1, 0.15) is 17.3 Å². The second-order valence-electron chi connectivity index (χ2n) is 2.50. The van der Waals surface area contributed by atoms with Crippen LogP contribution in [0.5, 0.6) is 0 Å². The summed E-state index contributed by atoms with van der Waals surface area (Å²) in [5, 5.41) is 10.3. The zero-order valence-corrected chi connectivity index (χ0v) is 9.78. The van der Waals surface area contributed by atoms with Crippen LogP contribution in [0.2, 0.25) is 0 Å². The smallest absolute Gasteiger partial charge is 0.878 e. The molecular weight excluding hydrogens is 175 g/mol. The topological polar surface area (TPSA) is 40.1 Å². The first-order valence-corrected chi connectivity index (χ1v) is 3.64. The van der Waals surface area contributed by atoms with Crippen molar-refractivity contribution < 1.29 is 39.5 Å². The van der Waals surface area contributed by atoms with Crippen molar-refractivity contribution in [2.75, 3.05) is 0 Å². The summed E-state index contributed by atoms with van der Waals surface area (Å²) in [6.45, 7) is 1.52. The minimum atomic E-state index is -0.203. The molecule has 0 N–H and O–H groups in total. The number of hydrogen-bond acceptors (Lipinski definition) is 2. The van der Waals surface area contributed by atoms with Crippen molar-refractivity contribution in [2.24, 2.45) is 0 Å². The molecule has 0 atom stereocenters. The Morgan fingerprint density at radius 2 is 1.85 bits per heavy atom. The summed E-state index contributed by atoms with van der Waals surface area (Å²) in [6.07, 6.45) is 0.579. The normalized spacial score (nSPS) is 10.4. The van der Waals surface area contributed by atoms with Crippen molar-refractivity contribution in [3.8, 4) is 0 Å². The summed E-state index contributed by atoms with van der Waals surface area (Å²) in [7, 11) is 0. The molecule has 0 aliphatic carbocycles. The fourth-order valence-corrected chi connectivity index (χ4v) is 0.871. The van der Waals surface area contributed by atoms with Crippen LogP contribution in [0, 0.1) is 0 Å². The Morgan fingerprint density at radius 1 is 1.31 bits per heavy atom. The van der Waals surface area contributed by atoms with Gasteiger partial charge in [0, 0.05) is 5.56 Å². The first kappa shape index (κ1) is 12.4. The van der Waals surface area contributed by atoms with E-state index in [1.807, 2.05) is 6.07 Å². The monoisotopic (exact) mass is 184 g/mol. The quantitative estimate of drug-likeness (QED) is 0.234. The van der Waals surface area contributed by atoms with Crippen molar-refractivity contribution in [2.45, 2.75) is 6.92 Å². The van der Waals surface area contributed by atoms with Gasteiger partial charge in [-0.1, -0.05) is 30.3 Å². The van der Waals surface area contributed by atoms with Gasteiger partial charge in [-0.05, 0) is 12.5 Å². The van der Waals surface area contributed by atoms with Gasteiger partial charge in [-0.15, -0.1) is 6.26 Å². The van der Waals surface area contributed by atoms with E-state index in [0.29, 0.717) is 11.8 Å². The molecule has 0 aliphatic rings. The minimum absolute atomic E-state index is 0. The first-order valence-electron chi connectivity index (χ1n) is 3.64. The molecule has 0 saturated heterocycles. The Hall–Kier alpha value is -0.570. The van der Waals surface area contributed by atoms with Crippen LogP contribution in [0.25, 0.3) is 0 Å². The molecule has 62 valence electrons. The van der Waals surface area contributed by atoms with Crippen LogP contribution >= 0.6 is 0 Å². The summed E-state index contributed by atoms with van der Waals surface area (Å²) in [5.74, 6) is -0.203. The van der Waals surface area contributed by atoms with Gasteiger partial charge in [0.25, 0.3) is 0 Å². The summed E-state index contributed by atoms with van der Waals surface area (Å²) in [5.41, 5.74) is 0.795. The third kappa shape index (κ3) is 3.35. The maximum atomic E-state index is 11.3. The molecule has 0 fully saturated rings. The van der Waals surface area contributed by atoms with Crippen LogP contribution in [0.15, 0.2) is 42.2 Å². The number of carbonyl (C=O) groups is 1. The maximum Gasteiger partial charge on any atom is 1.00 e. The van der Waals surface area contributed by atoms with Crippen molar-refractivity contribution in [1.82, 2.24) is 0 Å². The van der Waals surface area contributed by atoms with E-state index in [0.717, 1.165) is 0 Å². The molecule has 2 nitrogen and oxygen atoms in total. The molecule has 0 aromatic heterocycles. The third-order valence-corrected chi connectivity index (χ3v) is 1.57. The van der Waals surface area contributed by atoms with Crippen molar-refractivity contribution in [3.63, 3.8) is 0 Å². The maximum absolute atomic E-state index is 11.3. The molecule has 3 heteroatoms. The predicted octanol–water partition coefficient (Wildman–Crippen LogP) is -1.86. The van der Waals surface area contributed by atoms with Crippen molar-refractivity contribution in [3.05, 3.63) is 47.7 Å². The van der Waals surface area contributed by atoms with Crippen LogP contribution in [-0.2, 0) is 0 Å². The fourth-order valence-electron chi connectivity index (χ4n) is 0.871. The molecule has 0 amide bonds. The summed E-state index contributed by atoms with van der Waals surface area (Å²) in [4.78, 5) is 11.3. The van der Waals surface area contributed by atoms with Gasteiger partial charge in [0.15, 0.2) is 5.78 Å². The Labute approximate surface area is 99.6 Å². The molecule has 1 rings (SSSR count). The first-order chi connectivity index (χ1) is 5.75. The summed E-state index contributed by atoms with van der Waals surface area (Å²) < 4.78 is 0. The SMILES string of the molecule is C/C(=C\[O-])C(=O)c1ccccc1.[Na+]. The Morgan fingerprint density at radius 3 is 2.31 bits per heavy atom. The standard InChI is InChI=1S/C10H10O2.Na/c1-8(7-11)10(12)9-5-3-2-4-6-9;/h2-7,11H,1H3;/q;+1/p-1/b8-7+;. The molecule has 0 unspecified atom stereocenters. The van der Waals surface area contributed by atoms with E-state index in [-0.39, 0.29) is 40.9 Å². The molecule has 0 saturated carbocycles. The van der Waals surface area contributed by atoms with Crippen LogP contribution < -0.4 is 34.7 Å². The number of ketones is 1. The second-order valence-corrected chi connectivity index (χ2v) is 2.50. The molecule has 1 aromatic rings. The Kier molecular flexibility index (Phi) is 5.71. The Bertz CT molecular complexity index is 304. The second kappa shape index (κ2) is 5.97. The average molecular weight is 184 g/mol. The number of hydrogen-bond donors (Lipinski definition) is 0. The van der Waals surface area contributed by atoms with Gasteiger partial charge in [-0.25, -0.2) is 0 Å². The van der Waals surface area contributed by atoms with Gasteiger partial charge < -0.3 is 5.11 Å². The minimum Gasteiger partial charge on any atom is -0.878 e. The molecule has 0 heterocycles. The molecule has 13 heavy (non-hydrogen) atoms. The summed E-state index contributed by atoms with van der Waals surface area (Å²) in [6, 6.07) is 8.74. The van der Waals surface area contributed by atoms with Gasteiger partial charge in [0.05, 0.1) is 0 Å². The molecule has 0 bridgehead atoms. The predicted molar refractivity (Wildman–Crippen MR) is 44.5 cm³/mol. The van der Waals surface area contributed by atoms with Crippen LogP contribution in [-0.4, -0.2) is 5.78 Å². The molecule has 0 radical (unpaired) electrons. The van der Waals surface area contributed by atoms with E-state index in [9.17, 15) is 9.90 Å². The molecule has 0 aliphatic heterocycles. The number of allylic oxidation sites excluding steroid dienone is 1. The Balaban J connectivity index is 0.00000144. The average Bonchev–Trinajstić information content (AvgIpc) is 2.17. The zero-order chi connectivity index (χ0) is 8.97. The van der Waals surface area contributed by atoms with Gasteiger partial charge in [0.1, 0.15) is 0 Å². The molecule has 1 aromatic carbocycles. The molecule has 0 spiro atoms. The van der Waals surface area contributed by atoms with Gasteiger partial charge in [-0.2, -0.15) is 0 Å². The fraction of sp³-hybridized carbons (Fsp3) is 0.100. The zero-order valence-electron chi connectivity index (χ0n) is 7.78. The summed E-state index contributed by atoms with van der Waals surface area (Å²) >= 11 is 0. The number of rotatable bonds is 2. The largest absolute Gasteiger partial charge is 1.00 e. The number of carbonyl (C=O) groups excluding carboxylic acids is 1. The third-order valence-electron chi connectivity index (χ3n) is 1.57. The van der Waals surface area contributed by atoms with E-state index < -0.39 is 0 Å². The number of benzene rings is 1. The van der Waals surface area contributed by atoms with E-state index in [1.165, 1.54) is 6.92 Å². The number of Topliss-reactive ketones (excluding diaryl/α,β-unsaturated/α-hetero) is 1. The molecular formula is C10H9NaO2. The van der Waals surface area contributed by atoms with E-state index in [4.69, 9.17) is 0 Å². The van der Waals surface area contributed by atoms with Crippen molar-refractivity contribution in [1.29, 1.82) is 0 Å². The van der Waals surface area contributed by atoms with Crippen LogP contribution in [0.4, 0.5) is 0 Å².